The smallest absolute Gasteiger partial charge is 0.330 e. The fourth-order valence-corrected chi connectivity index (χ4v) is 5.15. The number of hydrogen-bond acceptors (Lipinski definition) is 9. The molecule has 0 spiro atoms. The topological polar surface area (TPSA) is 61.8 Å². The molecule has 0 rings (SSSR count). The van der Waals surface area contributed by atoms with Gasteiger partial charge in [0.1, 0.15) is 22.4 Å². The van der Waals surface area contributed by atoms with Gasteiger partial charge in [0, 0.05) is 36.2 Å². The molecule has 0 bridgehead atoms. The van der Waals surface area contributed by atoms with Gasteiger partial charge in [-0.15, -0.1) is 23.5 Å². The third-order valence-electron chi connectivity index (χ3n) is 2.06. The Morgan fingerprint density at radius 2 is 1.30 bits per heavy atom. The van der Waals surface area contributed by atoms with Crippen molar-refractivity contribution < 1.29 is 22.7 Å². The zero-order valence-electron chi connectivity index (χ0n) is 13.2. The van der Waals surface area contributed by atoms with Gasteiger partial charge in [-0.3, -0.25) is 0 Å². The van der Waals surface area contributed by atoms with Crippen LogP contribution in [0.1, 0.15) is 13.8 Å². The van der Waals surface area contributed by atoms with Gasteiger partial charge in [0.05, 0.1) is 0 Å². The SMILES string of the molecule is C=CC(=O)OCC(SCC)SOSC(COC(=O)C=C)SCC. The molecule has 23 heavy (non-hydrogen) atoms. The molecular formula is C14H22O5S4. The lowest BCUT2D eigenvalue weighted by atomic mass is 10.6. The lowest BCUT2D eigenvalue weighted by molar-refractivity contribution is -0.138. The van der Waals surface area contributed by atoms with Crippen LogP contribution in [-0.2, 0) is 22.7 Å². The van der Waals surface area contributed by atoms with Gasteiger partial charge in [-0.05, 0) is 11.5 Å². The van der Waals surface area contributed by atoms with Crippen molar-refractivity contribution in [1.82, 2.24) is 0 Å². The molecule has 9 heteroatoms. The van der Waals surface area contributed by atoms with Crippen LogP contribution in [-0.4, -0.2) is 45.8 Å². The van der Waals surface area contributed by atoms with Crippen molar-refractivity contribution in [2.75, 3.05) is 24.7 Å². The number of hydrogen-bond donors (Lipinski definition) is 0. The van der Waals surface area contributed by atoms with Gasteiger partial charge >= 0.3 is 11.9 Å². The summed E-state index contributed by atoms with van der Waals surface area (Å²) < 4.78 is 15.6. The first-order chi connectivity index (χ1) is 11.1. The maximum atomic E-state index is 11.1. The summed E-state index contributed by atoms with van der Waals surface area (Å²) in [7, 11) is 0. The molecule has 0 aliphatic heterocycles. The number of ether oxygens (including phenoxy) is 2. The largest absolute Gasteiger partial charge is 0.460 e. The summed E-state index contributed by atoms with van der Waals surface area (Å²) in [6.07, 6.45) is 2.27. The van der Waals surface area contributed by atoms with Gasteiger partial charge in [0.25, 0.3) is 0 Å². The van der Waals surface area contributed by atoms with Gasteiger partial charge in [-0.1, -0.05) is 27.0 Å². The summed E-state index contributed by atoms with van der Waals surface area (Å²) in [4.78, 5) is 22.2. The van der Waals surface area contributed by atoms with E-state index in [1.54, 1.807) is 23.5 Å². The summed E-state index contributed by atoms with van der Waals surface area (Å²) in [5, 5.41) is 0. The van der Waals surface area contributed by atoms with Gasteiger partial charge in [-0.2, -0.15) is 0 Å². The van der Waals surface area contributed by atoms with E-state index in [-0.39, 0.29) is 22.4 Å². The lowest BCUT2D eigenvalue weighted by Gasteiger charge is -2.17. The molecule has 5 nitrogen and oxygen atoms in total. The van der Waals surface area contributed by atoms with E-state index in [1.165, 1.54) is 24.1 Å². The zero-order chi connectivity index (χ0) is 17.5. The van der Waals surface area contributed by atoms with Crippen molar-refractivity contribution in [3.8, 4) is 0 Å². The third-order valence-corrected chi connectivity index (χ3v) is 6.36. The second-order valence-corrected chi connectivity index (χ2v) is 9.32. The van der Waals surface area contributed by atoms with Crippen LogP contribution < -0.4 is 0 Å². The minimum Gasteiger partial charge on any atom is -0.460 e. The average Bonchev–Trinajstić information content (AvgIpc) is 2.56. The van der Waals surface area contributed by atoms with Crippen molar-refractivity contribution in [2.24, 2.45) is 0 Å². The molecule has 0 saturated heterocycles. The molecule has 0 aromatic heterocycles. The fraction of sp³-hybridized carbons (Fsp3) is 0.571. The molecule has 0 amide bonds. The predicted octanol–water partition coefficient (Wildman–Crippen LogP) is 3.92. The number of carbonyl (C=O) groups is 2. The van der Waals surface area contributed by atoms with E-state index in [2.05, 4.69) is 13.2 Å². The number of esters is 2. The molecular weight excluding hydrogens is 376 g/mol. The molecule has 2 unspecified atom stereocenters. The Morgan fingerprint density at radius 1 is 0.913 bits per heavy atom. The van der Waals surface area contributed by atoms with E-state index in [4.69, 9.17) is 13.1 Å². The maximum Gasteiger partial charge on any atom is 0.330 e. The van der Waals surface area contributed by atoms with E-state index < -0.39 is 11.9 Å². The molecule has 0 radical (unpaired) electrons. The van der Waals surface area contributed by atoms with Crippen molar-refractivity contribution in [1.29, 1.82) is 0 Å². The average molecular weight is 399 g/mol. The normalized spacial score (nSPS) is 13.0. The van der Waals surface area contributed by atoms with Gasteiger partial charge < -0.3 is 9.47 Å². The molecule has 0 fully saturated rings. The van der Waals surface area contributed by atoms with E-state index in [9.17, 15) is 9.59 Å². The Labute approximate surface area is 155 Å². The summed E-state index contributed by atoms with van der Waals surface area (Å²) in [5.74, 6) is 0.856. The van der Waals surface area contributed by atoms with Crippen molar-refractivity contribution >= 4 is 59.5 Å². The van der Waals surface area contributed by atoms with Gasteiger partial charge in [0.2, 0.25) is 0 Å². The second-order valence-electron chi connectivity index (χ2n) is 3.70. The first kappa shape index (κ1) is 22.8. The Morgan fingerprint density at radius 3 is 1.61 bits per heavy atom. The quantitative estimate of drug-likeness (QED) is 0.187. The number of carbonyl (C=O) groups excluding carboxylic acids is 2. The first-order valence-electron chi connectivity index (χ1n) is 6.87. The monoisotopic (exact) mass is 398 g/mol. The summed E-state index contributed by atoms with van der Waals surface area (Å²) >= 11 is 5.71. The highest BCUT2D eigenvalue weighted by Crippen LogP contribution is 2.33. The zero-order valence-corrected chi connectivity index (χ0v) is 16.5. The van der Waals surface area contributed by atoms with E-state index in [0.717, 1.165) is 23.7 Å². The lowest BCUT2D eigenvalue weighted by Crippen LogP contribution is -2.14. The minimum absolute atomic E-state index is 0.0283. The van der Waals surface area contributed by atoms with Crippen LogP contribution >= 0.6 is 47.6 Å². The molecule has 2 atom stereocenters. The standard InChI is InChI=1S/C14H22O5S4/c1-5-11(15)17-9-13(20-7-3)22-19-23-14(21-8-4)10-18-12(16)6-2/h5-6,13-14H,1-2,7-10H2,3-4H3. The Balaban J connectivity index is 4.17. The van der Waals surface area contributed by atoms with E-state index >= 15 is 0 Å². The van der Waals surface area contributed by atoms with Crippen LogP contribution in [0.15, 0.2) is 25.3 Å². The van der Waals surface area contributed by atoms with Gasteiger partial charge in [-0.25, -0.2) is 13.2 Å². The molecule has 0 N–H and O–H groups in total. The highest BCUT2D eigenvalue weighted by atomic mass is 32.3. The number of thioether (sulfide) groups is 2. The van der Waals surface area contributed by atoms with Crippen LogP contribution in [0.25, 0.3) is 0 Å². The fourth-order valence-electron chi connectivity index (χ4n) is 1.11. The van der Waals surface area contributed by atoms with E-state index in [0.29, 0.717) is 0 Å². The van der Waals surface area contributed by atoms with Gasteiger partial charge in [0.15, 0.2) is 0 Å². The van der Waals surface area contributed by atoms with Crippen molar-refractivity contribution in [2.45, 2.75) is 23.0 Å². The van der Waals surface area contributed by atoms with Crippen LogP contribution in [0.5, 0.6) is 0 Å². The van der Waals surface area contributed by atoms with Crippen LogP contribution in [0, 0.1) is 0 Å². The molecule has 0 saturated carbocycles. The Hall–Kier alpha value is -0.220. The summed E-state index contributed by atoms with van der Waals surface area (Å²) in [6.45, 7) is 11.2. The summed E-state index contributed by atoms with van der Waals surface area (Å²) in [5.41, 5.74) is 0. The Kier molecular flexibility index (Phi) is 15.2. The highest BCUT2D eigenvalue weighted by molar-refractivity contribution is 8.21. The van der Waals surface area contributed by atoms with Crippen molar-refractivity contribution in [3.05, 3.63) is 25.3 Å². The molecule has 0 aromatic carbocycles. The molecule has 0 aliphatic carbocycles. The number of rotatable bonds is 14. The Bertz CT molecular complexity index is 344. The van der Waals surface area contributed by atoms with Crippen LogP contribution in [0.2, 0.25) is 0 Å². The van der Waals surface area contributed by atoms with Crippen LogP contribution in [0.4, 0.5) is 0 Å². The van der Waals surface area contributed by atoms with Crippen molar-refractivity contribution in [3.63, 3.8) is 0 Å². The minimum atomic E-state index is -0.448. The highest BCUT2D eigenvalue weighted by Gasteiger charge is 2.17. The molecule has 132 valence electrons. The van der Waals surface area contributed by atoms with Crippen LogP contribution in [0.3, 0.4) is 0 Å². The predicted molar refractivity (Wildman–Crippen MR) is 102 cm³/mol. The molecule has 0 heterocycles. The first-order valence-corrected chi connectivity index (χ1v) is 10.6. The maximum absolute atomic E-state index is 11.1. The third kappa shape index (κ3) is 12.8. The second kappa shape index (κ2) is 15.3. The van der Waals surface area contributed by atoms with E-state index in [1.807, 2.05) is 13.8 Å². The summed E-state index contributed by atoms with van der Waals surface area (Å²) in [6, 6.07) is 0. The molecule has 0 aliphatic rings. The molecule has 0 aromatic rings.